The molecule has 0 aliphatic carbocycles. The van der Waals surface area contributed by atoms with E-state index >= 15 is 0 Å². The van der Waals surface area contributed by atoms with Crippen molar-refractivity contribution in [1.82, 2.24) is 14.6 Å². The van der Waals surface area contributed by atoms with Crippen LogP contribution < -0.4 is 5.32 Å². The Morgan fingerprint density at radius 1 is 1.25 bits per heavy atom. The number of sulfonamides is 1. The molecule has 1 N–H and O–H groups in total. The van der Waals surface area contributed by atoms with E-state index in [1.165, 1.54) is 22.5 Å². The topological polar surface area (TPSA) is 79.4 Å². The first-order valence-electron chi connectivity index (χ1n) is 8.88. The monoisotopic (exact) mass is 409 g/mol. The first-order chi connectivity index (χ1) is 13.2. The molecule has 1 saturated heterocycles. The van der Waals surface area contributed by atoms with Gasteiger partial charge in [-0.1, -0.05) is 0 Å². The van der Waals surface area contributed by atoms with Gasteiger partial charge in [0, 0.05) is 6.04 Å². The molecule has 6 nitrogen and oxygen atoms in total. The van der Waals surface area contributed by atoms with Crippen LogP contribution >= 0.6 is 0 Å². The minimum Gasteiger partial charge on any atom is -0.349 e. The van der Waals surface area contributed by atoms with Crippen molar-refractivity contribution in [3.8, 4) is 0 Å². The largest absolute Gasteiger partial charge is 0.349 e. The number of hydrogen-bond donors (Lipinski definition) is 1. The highest BCUT2D eigenvalue weighted by atomic mass is 32.2. The predicted octanol–water partition coefficient (Wildman–Crippen LogP) is 2.53. The van der Waals surface area contributed by atoms with Gasteiger partial charge in [0.2, 0.25) is 15.9 Å². The Morgan fingerprint density at radius 3 is 2.57 bits per heavy atom. The molecular formula is C19H21F2N3O3S. The van der Waals surface area contributed by atoms with Gasteiger partial charge in [-0.25, -0.2) is 17.2 Å². The second kappa shape index (κ2) is 7.92. The van der Waals surface area contributed by atoms with E-state index in [0.29, 0.717) is 24.1 Å². The molecule has 1 aliphatic rings. The predicted molar refractivity (Wildman–Crippen MR) is 98.7 cm³/mol. The van der Waals surface area contributed by atoms with Crippen molar-refractivity contribution in [3.63, 3.8) is 0 Å². The zero-order valence-corrected chi connectivity index (χ0v) is 16.3. The smallest absolute Gasteiger partial charge is 0.244 e. The quantitative estimate of drug-likeness (QED) is 0.823. The van der Waals surface area contributed by atoms with Crippen molar-refractivity contribution in [2.24, 2.45) is 0 Å². The van der Waals surface area contributed by atoms with Gasteiger partial charge < -0.3 is 5.32 Å². The number of hydrogen-bond acceptors (Lipinski definition) is 4. The van der Waals surface area contributed by atoms with Gasteiger partial charge in [-0.15, -0.1) is 0 Å². The third-order valence-electron chi connectivity index (χ3n) is 4.84. The molecule has 1 fully saturated rings. The van der Waals surface area contributed by atoms with Crippen LogP contribution in [0.1, 0.15) is 31.0 Å². The van der Waals surface area contributed by atoms with E-state index in [1.54, 1.807) is 13.8 Å². The molecule has 1 aromatic heterocycles. The van der Waals surface area contributed by atoms with Gasteiger partial charge in [0.05, 0.1) is 23.3 Å². The molecule has 3 rings (SSSR count). The number of nitrogens with zero attached hydrogens (tertiary/aromatic N) is 2. The molecule has 28 heavy (non-hydrogen) atoms. The fourth-order valence-electron chi connectivity index (χ4n) is 3.33. The number of rotatable bonds is 5. The van der Waals surface area contributed by atoms with Crippen LogP contribution in [-0.2, 0) is 21.4 Å². The van der Waals surface area contributed by atoms with E-state index in [-0.39, 0.29) is 17.5 Å². The maximum atomic E-state index is 13.3. The van der Waals surface area contributed by atoms with Crippen LogP contribution in [0.4, 0.5) is 8.78 Å². The van der Waals surface area contributed by atoms with Crippen molar-refractivity contribution < 1.29 is 22.0 Å². The van der Waals surface area contributed by atoms with Gasteiger partial charge in [-0.2, -0.15) is 4.31 Å². The third-order valence-corrected chi connectivity index (χ3v) is 6.88. The maximum Gasteiger partial charge on any atom is 0.244 e. The SMILES string of the molecule is Cc1cc(CNC(=O)[C@@H]2CC[C@H](C)N2S(=O)(=O)c2ccc(F)cc2)ncc1F. The summed E-state index contributed by atoms with van der Waals surface area (Å²) in [5.41, 5.74) is 0.889. The number of halogens is 2. The number of nitrogens with one attached hydrogen (secondary N) is 1. The highest BCUT2D eigenvalue weighted by molar-refractivity contribution is 7.89. The zero-order chi connectivity index (χ0) is 20.5. The van der Waals surface area contributed by atoms with Crippen molar-refractivity contribution in [2.45, 2.75) is 50.2 Å². The molecule has 0 saturated carbocycles. The van der Waals surface area contributed by atoms with Gasteiger partial charge in [0.1, 0.15) is 17.7 Å². The summed E-state index contributed by atoms with van der Waals surface area (Å²) in [5, 5.41) is 2.68. The van der Waals surface area contributed by atoms with Gasteiger partial charge in [0.25, 0.3) is 0 Å². The van der Waals surface area contributed by atoms with Crippen molar-refractivity contribution in [2.75, 3.05) is 0 Å². The number of amides is 1. The summed E-state index contributed by atoms with van der Waals surface area (Å²) >= 11 is 0. The summed E-state index contributed by atoms with van der Waals surface area (Å²) in [6, 6.07) is 4.82. The molecule has 2 aromatic rings. The van der Waals surface area contributed by atoms with Crippen LogP contribution in [0.15, 0.2) is 41.4 Å². The Hall–Kier alpha value is -2.39. The van der Waals surface area contributed by atoms with Crippen LogP contribution in [0.5, 0.6) is 0 Å². The second-order valence-corrected chi connectivity index (χ2v) is 8.72. The van der Waals surface area contributed by atoms with Crippen molar-refractivity contribution in [1.29, 1.82) is 0 Å². The van der Waals surface area contributed by atoms with E-state index in [4.69, 9.17) is 0 Å². The number of pyridine rings is 1. The highest BCUT2D eigenvalue weighted by Crippen LogP contribution is 2.31. The van der Waals surface area contributed by atoms with Crippen LogP contribution in [0.2, 0.25) is 0 Å². The van der Waals surface area contributed by atoms with E-state index in [0.717, 1.165) is 18.3 Å². The molecule has 2 atom stereocenters. The number of aromatic nitrogens is 1. The summed E-state index contributed by atoms with van der Waals surface area (Å²) < 4.78 is 53.6. The number of carbonyl (C=O) groups excluding carboxylic acids is 1. The lowest BCUT2D eigenvalue weighted by atomic mass is 10.2. The van der Waals surface area contributed by atoms with Crippen molar-refractivity contribution in [3.05, 3.63) is 59.4 Å². The van der Waals surface area contributed by atoms with Gasteiger partial charge in [-0.3, -0.25) is 9.78 Å². The lowest BCUT2D eigenvalue weighted by Crippen LogP contribution is -2.48. The Labute approximate surface area is 162 Å². The lowest BCUT2D eigenvalue weighted by Gasteiger charge is -2.27. The summed E-state index contributed by atoms with van der Waals surface area (Å²) in [7, 11) is -3.95. The molecule has 0 spiro atoms. The summed E-state index contributed by atoms with van der Waals surface area (Å²) in [6.07, 6.45) is 2.00. The minimum atomic E-state index is -3.95. The minimum absolute atomic E-state index is 0.0590. The second-order valence-electron chi connectivity index (χ2n) is 6.87. The average Bonchev–Trinajstić information content (AvgIpc) is 3.05. The number of carbonyl (C=O) groups is 1. The van der Waals surface area contributed by atoms with Crippen LogP contribution in [-0.4, -0.2) is 35.7 Å². The first-order valence-corrected chi connectivity index (χ1v) is 10.3. The number of aryl methyl sites for hydroxylation is 1. The molecule has 1 aliphatic heterocycles. The van der Waals surface area contributed by atoms with Crippen LogP contribution in [0, 0.1) is 18.6 Å². The van der Waals surface area contributed by atoms with E-state index in [1.807, 2.05) is 0 Å². The normalized spacial score (nSPS) is 20.3. The van der Waals surface area contributed by atoms with E-state index in [2.05, 4.69) is 10.3 Å². The molecule has 1 aromatic carbocycles. The van der Waals surface area contributed by atoms with E-state index in [9.17, 15) is 22.0 Å². The highest BCUT2D eigenvalue weighted by Gasteiger charge is 2.43. The molecule has 1 amide bonds. The summed E-state index contributed by atoms with van der Waals surface area (Å²) in [4.78, 5) is 16.5. The van der Waals surface area contributed by atoms with Gasteiger partial charge in [0.15, 0.2) is 0 Å². The molecule has 0 radical (unpaired) electrons. The molecular weight excluding hydrogens is 388 g/mol. The molecule has 0 bridgehead atoms. The molecule has 2 heterocycles. The zero-order valence-electron chi connectivity index (χ0n) is 15.5. The van der Waals surface area contributed by atoms with E-state index < -0.39 is 33.6 Å². The summed E-state index contributed by atoms with van der Waals surface area (Å²) in [6.45, 7) is 3.40. The number of benzene rings is 1. The van der Waals surface area contributed by atoms with Crippen molar-refractivity contribution >= 4 is 15.9 Å². The Balaban J connectivity index is 1.77. The average molecular weight is 409 g/mol. The van der Waals surface area contributed by atoms with Crippen LogP contribution in [0.3, 0.4) is 0 Å². The van der Waals surface area contributed by atoms with Gasteiger partial charge >= 0.3 is 0 Å². The Morgan fingerprint density at radius 2 is 1.93 bits per heavy atom. The third kappa shape index (κ3) is 4.05. The molecule has 0 unspecified atom stereocenters. The standard InChI is InChI=1S/C19H21F2N3O3S/c1-12-9-15(22-11-17(12)21)10-23-19(25)18-8-3-13(2)24(18)28(26,27)16-6-4-14(20)5-7-16/h4-7,9,11,13,18H,3,8,10H2,1-2H3,(H,23,25)/t13-,18-/m0/s1. The lowest BCUT2D eigenvalue weighted by molar-refractivity contribution is -0.124. The Kier molecular flexibility index (Phi) is 5.76. The fraction of sp³-hybridized carbons (Fsp3) is 0.368. The Bertz CT molecular complexity index is 980. The van der Waals surface area contributed by atoms with Gasteiger partial charge in [-0.05, 0) is 62.6 Å². The summed E-state index contributed by atoms with van der Waals surface area (Å²) in [5.74, 6) is -1.42. The maximum absolute atomic E-state index is 13.3. The van der Waals surface area contributed by atoms with Crippen LogP contribution in [0.25, 0.3) is 0 Å². The fourth-order valence-corrected chi connectivity index (χ4v) is 5.17. The molecule has 9 heteroatoms. The first kappa shape index (κ1) is 20.3. The molecule has 150 valence electrons.